The van der Waals surface area contributed by atoms with Crippen LogP contribution in [0, 0.1) is 17.2 Å². The van der Waals surface area contributed by atoms with Gasteiger partial charge in [0.25, 0.3) is 0 Å². The van der Waals surface area contributed by atoms with Gasteiger partial charge in [0.05, 0.1) is 18.1 Å². The van der Waals surface area contributed by atoms with Crippen LogP contribution in [-0.2, 0) is 11.3 Å². The van der Waals surface area contributed by atoms with Crippen molar-refractivity contribution in [3.63, 3.8) is 0 Å². The number of carbonyl (C=O) groups is 1. The van der Waals surface area contributed by atoms with Crippen molar-refractivity contribution in [2.75, 3.05) is 18.0 Å². The van der Waals surface area contributed by atoms with Crippen LogP contribution in [0.4, 0.5) is 5.69 Å². The Hall–Kier alpha value is -4.38. The van der Waals surface area contributed by atoms with E-state index in [0.29, 0.717) is 16.9 Å². The van der Waals surface area contributed by atoms with Gasteiger partial charge in [-0.05, 0) is 42.3 Å². The highest BCUT2D eigenvalue weighted by Crippen LogP contribution is 2.33. The first-order valence-corrected chi connectivity index (χ1v) is 10.8. The summed E-state index contributed by atoms with van der Waals surface area (Å²) in [5, 5.41) is 14.0. The number of carbonyl (C=O) groups excluding carboxylic acids is 1. The molecule has 1 amide bonds. The van der Waals surface area contributed by atoms with Crippen molar-refractivity contribution >= 4 is 17.2 Å². The molecule has 1 aromatic carbocycles. The minimum Gasteiger partial charge on any atom is -0.370 e. The molecule has 164 valence electrons. The van der Waals surface area contributed by atoms with Crippen LogP contribution in [0.2, 0.25) is 0 Å². The molecule has 0 radical (unpaired) electrons. The molecule has 0 unspecified atom stereocenters. The fraction of sp³-hybridized carbons (Fsp3) is 0.200. The normalized spacial score (nSPS) is 13.6. The first kappa shape index (κ1) is 20.5. The molecule has 4 aromatic rings. The Labute approximate surface area is 191 Å². The molecule has 1 saturated heterocycles. The number of aryl methyl sites for hydroxylation is 1. The lowest BCUT2D eigenvalue weighted by Gasteiger charge is -2.41. The average Bonchev–Trinajstić information content (AvgIpc) is 3.44. The number of hydrogen-bond acceptors (Lipinski definition) is 5. The van der Waals surface area contributed by atoms with Gasteiger partial charge in [-0.25, -0.2) is 4.98 Å². The zero-order valence-corrected chi connectivity index (χ0v) is 18.3. The molecule has 8 heteroatoms. The van der Waals surface area contributed by atoms with E-state index < -0.39 is 5.91 Å². The summed E-state index contributed by atoms with van der Waals surface area (Å²) in [6.07, 6.45) is 5.45. The second-order valence-electron chi connectivity index (χ2n) is 8.20. The number of anilines is 1. The number of imidazole rings is 1. The topological polar surface area (TPSA) is 105 Å². The van der Waals surface area contributed by atoms with E-state index in [1.54, 1.807) is 6.20 Å². The summed E-state index contributed by atoms with van der Waals surface area (Å²) < 4.78 is 3.76. The Morgan fingerprint density at radius 1 is 1.18 bits per heavy atom. The third kappa shape index (κ3) is 3.53. The molecule has 0 spiro atoms. The fourth-order valence-corrected chi connectivity index (χ4v) is 4.21. The maximum atomic E-state index is 11.3. The standard InChI is InChI=1S/C25H23N7O/c1-3-31-15-19(11-29-31)18-8-23(32-22(10-26)12-28-24(32)9-18)17-4-6-21(7-5-17)30-13-20(14-30)16(2)25(27)33/h4-9,11-12,15,20H,2-3,13-14H2,1H3,(H2,27,33). The Bertz CT molecular complexity index is 1420. The highest BCUT2D eigenvalue weighted by molar-refractivity contribution is 5.92. The number of primary amides is 1. The van der Waals surface area contributed by atoms with Crippen molar-refractivity contribution in [2.45, 2.75) is 13.5 Å². The summed E-state index contributed by atoms with van der Waals surface area (Å²) in [6.45, 7) is 8.09. The second-order valence-corrected chi connectivity index (χ2v) is 8.20. The number of pyridine rings is 1. The summed E-state index contributed by atoms with van der Waals surface area (Å²) in [5.74, 6) is -0.330. The molecular formula is C25H23N7O. The molecule has 0 bridgehead atoms. The van der Waals surface area contributed by atoms with Crippen molar-refractivity contribution < 1.29 is 4.79 Å². The smallest absolute Gasteiger partial charge is 0.244 e. The van der Waals surface area contributed by atoms with Gasteiger partial charge >= 0.3 is 0 Å². The van der Waals surface area contributed by atoms with Crippen LogP contribution in [-0.4, -0.2) is 38.2 Å². The molecular weight excluding hydrogens is 414 g/mol. The van der Waals surface area contributed by atoms with E-state index in [1.807, 2.05) is 46.6 Å². The number of aromatic nitrogens is 4. The van der Waals surface area contributed by atoms with Crippen molar-refractivity contribution in [2.24, 2.45) is 11.7 Å². The van der Waals surface area contributed by atoms with Gasteiger partial charge in [0.1, 0.15) is 17.4 Å². The molecule has 4 heterocycles. The van der Waals surface area contributed by atoms with E-state index in [2.05, 4.69) is 45.8 Å². The molecule has 5 rings (SSSR count). The SMILES string of the molecule is C=C(C(N)=O)C1CN(c2ccc(-c3cc(-c4cnn(CC)c4)cc4ncc(C#N)n34)cc2)C1. The summed E-state index contributed by atoms with van der Waals surface area (Å²) >= 11 is 0. The van der Waals surface area contributed by atoms with Gasteiger partial charge in [0.15, 0.2) is 0 Å². The number of rotatable bonds is 6. The fourth-order valence-electron chi connectivity index (χ4n) is 4.21. The number of nitrogens with two attached hydrogens (primary N) is 1. The highest BCUT2D eigenvalue weighted by atomic mass is 16.1. The highest BCUT2D eigenvalue weighted by Gasteiger charge is 2.31. The molecule has 8 nitrogen and oxygen atoms in total. The van der Waals surface area contributed by atoms with Crippen molar-refractivity contribution in [1.82, 2.24) is 19.2 Å². The van der Waals surface area contributed by atoms with Gasteiger partial charge in [-0.3, -0.25) is 13.9 Å². The quantitative estimate of drug-likeness (QED) is 0.466. The third-order valence-corrected chi connectivity index (χ3v) is 6.23. The molecule has 0 aliphatic carbocycles. The van der Waals surface area contributed by atoms with Crippen LogP contribution in [0.5, 0.6) is 0 Å². The Kier molecular flexibility index (Phi) is 4.94. The molecule has 3 aromatic heterocycles. The second kappa shape index (κ2) is 7.95. The monoisotopic (exact) mass is 437 g/mol. The largest absolute Gasteiger partial charge is 0.370 e. The lowest BCUT2D eigenvalue weighted by atomic mass is 9.91. The summed E-state index contributed by atoms with van der Waals surface area (Å²) in [4.78, 5) is 18.0. The van der Waals surface area contributed by atoms with E-state index in [4.69, 9.17) is 5.73 Å². The van der Waals surface area contributed by atoms with Crippen LogP contribution >= 0.6 is 0 Å². The van der Waals surface area contributed by atoms with Crippen molar-refractivity contribution in [1.29, 1.82) is 5.26 Å². The number of nitriles is 1. The van der Waals surface area contributed by atoms with Gasteiger partial charge < -0.3 is 10.6 Å². The summed E-state index contributed by atoms with van der Waals surface area (Å²) in [6, 6.07) is 14.5. The summed E-state index contributed by atoms with van der Waals surface area (Å²) in [5.41, 5.74) is 11.9. The number of benzene rings is 1. The van der Waals surface area contributed by atoms with Gasteiger partial charge in [-0.2, -0.15) is 10.4 Å². The summed E-state index contributed by atoms with van der Waals surface area (Å²) in [7, 11) is 0. The molecule has 1 aliphatic heterocycles. The van der Waals surface area contributed by atoms with Crippen LogP contribution < -0.4 is 10.6 Å². The van der Waals surface area contributed by atoms with Crippen LogP contribution in [0.1, 0.15) is 12.6 Å². The van der Waals surface area contributed by atoms with Crippen LogP contribution in [0.3, 0.4) is 0 Å². The Morgan fingerprint density at radius 2 is 1.94 bits per heavy atom. The van der Waals surface area contributed by atoms with E-state index in [-0.39, 0.29) is 5.92 Å². The molecule has 33 heavy (non-hydrogen) atoms. The van der Waals surface area contributed by atoms with Crippen LogP contribution in [0.15, 0.2) is 67.1 Å². The van der Waals surface area contributed by atoms with Gasteiger partial charge in [-0.15, -0.1) is 0 Å². The molecule has 0 saturated carbocycles. The first-order chi connectivity index (χ1) is 16.0. The van der Waals surface area contributed by atoms with E-state index >= 15 is 0 Å². The van der Waals surface area contributed by atoms with Crippen molar-refractivity contribution in [3.8, 4) is 28.5 Å². The maximum Gasteiger partial charge on any atom is 0.244 e. The predicted octanol–water partition coefficient (Wildman–Crippen LogP) is 3.23. The minimum atomic E-state index is -0.433. The lowest BCUT2D eigenvalue weighted by molar-refractivity contribution is -0.115. The number of hydrogen-bond donors (Lipinski definition) is 1. The zero-order chi connectivity index (χ0) is 23.1. The molecule has 1 aliphatic rings. The number of amides is 1. The Morgan fingerprint density at radius 3 is 2.58 bits per heavy atom. The predicted molar refractivity (Wildman–Crippen MR) is 126 cm³/mol. The third-order valence-electron chi connectivity index (χ3n) is 6.23. The number of fused-ring (bicyclic) bond motifs is 1. The van der Waals surface area contributed by atoms with Gasteiger partial charge in [0, 0.05) is 48.6 Å². The Balaban J connectivity index is 1.50. The molecule has 0 atom stereocenters. The van der Waals surface area contributed by atoms with E-state index in [1.165, 1.54) is 0 Å². The lowest BCUT2D eigenvalue weighted by Crippen LogP contribution is -2.49. The first-order valence-electron chi connectivity index (χ1n) is 10.8. The van der Waals surface area contributed by atoms with Gasteiger partial charge in [0.2, 0.25) is 5.91 Å². The zero-order valence-electron chi connectivity index (χ0n) is 18.3. The average molecular weight is 438 g/mol. The molecule has 1 fully saturated rings. The van der Waals surface area contributed by atoms with E-state index in [9.17, 15) is 10.1 Å². The minimum absolute atomic E-state index is 0.103. The van der Waals surface area contributed by atoms with Gasteiger partial charge in [-0.1, -0.05) is 18.7 Å². The van der Waals surface area contributed by atoms with Crippen molar-refractivity contribution in [3.05, 3.63) is 72.8 Å². The maximum absolute atomic E-state index is 11.3. The number of nitrogens with zero attached hydrogens (tertiary/aromatic N) is 6. The van der Waals surface area contributed by atoms with E-state index in [0.717, 1.165) is 47.7 Å². The molecule has 2 N–H and O–H groups in total. The van der Waals surface area contributed by atoms with Crippen LogP contribution in [0.25, 0.3) is 28.0 Å².